The van der Waals surface area contributed by atoms with E-state index in [0.29, 0.717) is 11.4 Å². The molecule has 0 saturated heterocycles. The molecule has 5 heteroatoms. The highest BCUT2D eigenvalue weighted by Crippen LogP contribution is 2.34. The summed E-state index contributed by atoms with van der Waals surface area (Å²) in [4.78, 5) is 28.5. The minimum absolute atomic E-state index is 0.0741. The lowest BCUT2D eigenvalue weighted by Crippen LogP contribution is -2.15. The number of rotatable bonds is 7. The minimum atomic E-state index is -0.518. The predicted molar refractivity (Wildman–Crippen MR) is 96.8 cm³/mol. The lowest BCUT2D eigenvalue weighted by atomic mass is 9.98. The van der Waals surface area contributed by atoms with Crippen molar-refractivity contribution >= 4 is 11.9 Å². The highest BCUT2D eigenvalue weighted by atomic mass is 16.5. The summed E-state index contributed by atoms with van der Waals surface area (Å²) < 4.78 is 10.4. The second-order valence-electron chi connectivity index (χ2n) is 5.78. The number of H-pyrrole nitrogens is 1. The monoisotopic (exact) mass is 343 g/mol. The van der Waals surface area contributed by atoms with Gasteiger partial charge in [-0.15, -0.1) is 0 Å². The molecular formula is C20H25NO4. The van der Waals surface area contributed by atoms with Gasteiger partial charge in [-0.2, -0.15) is 0 Å². The summed E-state index contributed by atoms with van der Waals surface area (Å²) in [6.07, 6.45) is 0.823. The first-order valence-electron chi connectivity index (χ1n) is 8.70. The van der Waals surface area contributed by atoms with E-state index in [1.807, 2.05) is 44.2 Å². The molecule has 25 heavy (non-hydrogen) atoms. The summed E-state index contributed by atoms with van der Waals surface area (Å²) in [6, 6.07) is 9.46. The minimum Gasteiger partial charge on any atom is -0.462 e. The van der Waals surface area contributed by atoms with E-state index in [-0.39, 0.29) is 30.3 Å². The van der Waals surface area contributed by atoms with Crippen LogP contribution in [-0.4, -0.2) is 30.1 Å². The Hall–Kier alpha value is -2.56. The molecule has 2 rings (SSSR count). The zero-order valence-electron chi connectivity index (χ0n) is 15.2. The van der Waals surface area contributed by atoms with E-state index >= 15 is 0 Å². The summed E-state index contributed by atoms with van der Waals surface area (Å²) >= 11 is 0. The molecule has 0 aliphatic carbocycles. The Kier molecular flexibility index (Phi) is 6.39. The van der Waals surface area contributed by atoms with Gasteiger partial charge in [-0.3, -0.25) is 0 Å². The van der Waals surface area contributed by atoms with Crippen molar-refractivity contribution in [3.8, 4) is 11.3 Å². The highest BCUT2D eigenvalue weighted by Gasteiger charge is 2.31. The Bertz CT molecular complexity index is 734. The Balaban J connectivity index is 2.74. The van der Waals surface area contributed by atoms with E-state index in [1.165, 1.54) is 0 Å². The van der Waals surface area contributed by atoms with Crippen LogP contribution in [0, 0.1) is 0 Å². The van der Waals surface area contributed by atoms with Gasteiger partial charge in [-0.1, -0.05) is 44.2 Å². The van der Waals surface area contributed by atoms with Gasteiger partial charge >= 0.3 is 11.9 Å². The summed E-state index contributed by atoms with van der Waals surface area (Å²) in [5, 5.41) is 0. The van der Waals surface area contributed by atoms with Gasteiger partial charge in [-0.25, -0.2) is 9.59 Å². The second kappa shape index (κ2) is 8.51. The molecule has 0 amide bonds. The normalized spacial score (nSPS) is 11.8. The number of nitrogens with one attached hydrogen (secondary N) is 1. The average molecular weight is 343 g/mol. The zero-order valence-corrected chi connectivity index (χ0v) is 15.2. The third kappa shape index (κ3) is 3.92. The molecule has 1 aromatic carbocycles. The van der Waals surface area contributed by atoms with E-state index in [9.17, 15) is 9.59 Å². The van der Waals surface area contributed by atoms with Crippen molar-refractivity contribution in [2.24, 2.45) is 0 Å². The second-order valence-corrected chi connectivity index (χ2v) is 5.78. The standard InChI is InChI=1S/C20H25NO4/c1-5-13(4)17-15(19(22)24-6-2)16(20(23)25-7-3)18(21-17)14-11-9-8-10-12-14/h8-13,21H,5-7H2,1-4H3. The molecule has 1 unspecified atom stereocenters. The van der Waals surface area contributed by atoms with E-state index in [2.05, 4.69) is 4.98 Å². The van der Waals surface area contributed by atoms with E-state index < -0.39 is 11.9 Å². The molecule has 0 bridgehead atoms. The molecule has 1 atom stereocenters. The lowest BCUT2D eigenvalue weighted by molar-refractivity contribution is 0.0479. The van der Waals surface area contributed by atoms with Crippen molar-refractivity contribution in [1.82, 2.24) is 4.98 Å². The third-order valence-electron chi connectivity index (χ3n) is 4.16. The summed E-state index contributed by atoms with van der Waals surface area (Å²) in [5.74, 6) is -0.945. The van der Waals surface area contributed by atoms with Gasteiger partial charge in [-0.05, 0) is 31.7 Å². The van der Waals surface area contributed by atoms with E-state index in [1.54, 1.807) is 13.8 Å². The summed E-state index contributed by atoms with van der Waals surface area (Å²) in [7, 11) is 0. The van der Waals surface area contributed by atoms with Crippen LogP contribution in [0.25, 0.3) is 11.3 Å². The van der Waals surface area contributed by atoms with E-state index in [4.69, 9.17) is 9.47 Å². The molecule has 1 aromatic heterocycles. The van der Waals surface area contributed by atoms with Crippen LogP contribution in [0.4, 0.5) is 0 Å². The molecule has 1 N–H and O–H groups in total. The summed E-state index contributed by atoms with van der Waals surface area (Å²) in [5.41, 5.74) is 2.67. The fraction of sp³-hybridized carbons (Fsp3) is 0.400. The lowest BCUT2D eigenvalue weighted by Gasteiger charge is -2.11. The number of ether oxygens (including phenoxy) is 2. The molecule has 1 heterocycles. The molecule has 5 nitrogen and oxygen atoms in total. The molecule has 0 aliphatic heterocycles. The van der Waals surface area contributed by atoms with Gasteiger partial charge in [0.15, 0.2) is 0 Å². The van der Waals surface area contributed by atoms with E-state index in [0.717, 1.165) is 12.0 Å². The van der Waals surface area contributed by atoms with Crippen LogP contribution in [0.3, 0.4) is 0 Å². The average Bonchev–Trinajstić information content (AvgIpc) is 3.03. The van der Waals surface area contributed by atoms with Crippen LogP contribution < -0.4 is 0 Å². The zero-order chi connectivity index (χ0) is 18.4. The summed E-state index contributed by atoms with van der Waals surface area (Å²) in [6.45, 7) is 8.01. The number of benzene rings is 1. The van der Waals surface area contributed by atoms with Crippen molar-refractivity contribution in [3.05, 3.63) is 47.2 Å². The van der Waals surface area contributed by atoms with Crippen molar-refractivity contribution in [2.45, 2.75) is 40.0 Å². The Morgan fingerprint density at radius 3 is 2.04 bits per heavy atom. The number of hydrogen-bond donors (Lipinski definition) is 1. The topological polar surface area (TPSA) is 68.4 Å². The van der Waals surface area contributed by atoms with Crippen LogP contribution in [-0.2, 0) is 9.47 Å². The number of esters is 2. The first-order valence-corrected chi connectivity index (χ1v) is 8.70. The number of hydrogen-bond acceptors (Lipinski definition) is 4. The maximum absolute atomic E-state index is 12.6. The first-order chi connectivity index (χ1) is 12.0. The number of aromatic amines is 1. The van der Waals surface area contributed by atoms with Gasteiger partial charge in [0.1, 0.15) is 0 Å². The Morgan fingerprint density at radius 2 is 1.52 bits per heavy atom. The highest BCUT2D eigenvalue weighted by molar-refractivity contribution is 6.08. The van der Waals surface area contributed by atoms with Gasteiger partial charge in [0.25, 0.3) is 0 Å². The third-order valence-corrected chi connectivity index (χ3v) is 4.16. The molecular weight excluding hydrogens is 318 g/mol. The van der Waals surface area contributed by atoms with Gasteiger partial charge in [0, 0.05) is 5.69 Å². The Morgan fingerprint density at radius 1 is 0.960 bits per heavy atom. The van der Waals surface area contributed by atoms with Crippen LogP contribution in [0.5, 0.6) is 0 Å². The van der Waals surface area contributed by atoms with Gasteiger partial charge in [0.2, 0.25) is 0 Å². The van der Waals surface area contributed by atoms with Crippen LogP contribution in [0.1, 0.15) is 66.4 Å². The van der Waals surface area contributed by atoms with Crippen molar-refractivity contribution in [3.63, 3.8) is 0 Å². The first kappa shape index (κ1) is 18.8. The fourth-order valence-electron chi connectivity index (χ4n) is 2.74. The molecule has 0 saturated carbocycles. The van der Waals surface area contributed by atoms with Gasteiger partial charge in [0.05, 0.1) is 30.0 Å². The van der Waals surface area contributed by atoms with Crippen LogP contribution in [0.2, 0.25) is 0 Å². The van der Waals surface area contributed by atoms with Crippen molar-refractivity contribution in [1.29, 1.82) is 0 Å². The fourth-order valence-corrected chi connectivity index (χ4v) is 2.74. The largest absolute Gasteiger partial charge is 0.462 e. The number of carbonyl (C=O) groups excluding carboxylic acids is 2. The maximum Gasteiger partial charge on any atom is 0.341 e. The quantitative estimate of drug-likeness (QED) is 0.749. The maximum atomic E-state index is 12.6. The molecule has 0 radical (unpaired) electrons. The van der Waals surface area contributed by atoms with Crippen molar-refractivity contribution in [2.75, 3.05) is 13.2 Å². The SMILES string of the molecule is CCOC(=O)c1c(-c2ccccc2)[nH]c(C(C)CC)c1C(=O)OCC. The van der Waals surface area contributed by atoms with Crippen LogP contribution in [0.15, 0.2) is 30.3 Å². The molecule has 0 fully saturated rings. The number of aromatic nitrogens is 1. The molecule has 0 aliphatic rings. The molecule has 0 spiro atoms. The van der Waals surface area contributed by atoms with Crippen molar-refractivity contribution < 1.29 is 19.1 Å². The number of carbonyl (C=O) groups is 2. The Labute approximate surface area is 148 Å². The van der Waals surface area contributed by atoms with Gasteiger partial charge < -0.3 is 14.5 Å². The predicted octanol–water partition coefficient (Wildman–Crippen LogP) is 4.55. The van der Waals surface area contributed by atoms with Crippen LogP contribution >= 0.6 is 0 Å². The smallest absolute Gasteiger partial charge is 0.341 e. The molecule has 134 valence electrons. The molecule has 2 aromatic rings.